The Balaban J connectivity index is 2.01. The standard InChI is InChI=1S/C23H26ClN3O5S/c1-25(2)13-14-27-20(15-5-9-17(24)10-6-15)19(22(29)23(27)30)21(28)16-7-11-18(12-8-16)33(31,32)26(3)4/h5-12,19-20H,13-14H2,1-4H3/p+1. The van der Waals surface area contributed by atoms with E-state index in [1.807, 2.05) is 14.1 Å². The average Bonchev–Trinajstić information content (AvgIpc) is 3.02. The zero-order valence-electron chi connectivity index (χ0n) is 18.9. The first kappa shape index (κ1) is 25.0. The van der Waals surface area contributed by atoms with E-state index in [1.54, 1.807) is 24.3 Å². The van der Waals surface area contributed by atoms with Crippen LogP contribution in [0.4, 0.5) is 0 Å². The molecule has 2 aromatic carbocycles. The molecule has 1 heterocycles. The van der Waals surface area contributed by atoms with Gasteiger partial charge in [-0.2, -0.15) is 0 Å². The van der Waals surface area contributed by atoms with Crippen LogP contribution < -0.4 is 4.90 Å². The van der Waals surface area contributed by atoms with Crippen LogP contribution in [0.3, 0.4) is 0 Å². The molecule has 2 unspecified atom stereocenters. The van der Waals surface area contributed by atoms with Gasteiger partial charge in [0.05, 0.1) is 38.1 Å². The largest absolute Gasteiger partial charge is 0.338 e. The summed E-state index contributed by atoms with van der Waals surface area (Å²) in [4.78, 5) is 41.9. The van der Waals surface area contributed by atoms with E-state index in [-0.39, 0.29) is 10.5 Å². The maximum atomic E-state index is 13.4. The molecule has 0 aliphatic carbocycles. The van der Waals surface area contributed by atoms with Crippen molar-refractivity contribution in [1.29, 1.82) is 0 Å². The smallest absolute Gasteiger partial charge is 0.291 e. The van der Waals surface area contributed by atoms with E-state index in [2.05, 4.69) is 0 Å². The Morgan fingerprint density at radius 2 is 1.61 bits per heavy atom. The number of benzene rings is 2. The van der Waals surface area contributed by atoms with Gasteiger partial charge in [0.1, 0.15) is 5.92 Å². The fraction of sp³-hybridized carbons (Fsp3) is 0.348. The molecule has 0 bridgehead atoms. The highest BCUT2D eigenvalue weighted by Gasteiger charge is 2.51. The van der Waals surface area contributed by atoms with Gasteiger partial charge in [-0.3, -0.25) is 14.4 Å². The van der Waals surface area contributed by atoms with E-state index >= 15 is 0 Å². The first-order valence-corrected chi connectivity index (χ1v) is 12.2. The number of nitrogens with one attached hydrogen (secondary N) is 1. The van der Waals surface area contributed by atoms with E-state index in [1.165, 1.54) is 43.3 Å². The van der Waals surface area contributed by atoms with Crippen LogP contribution in [-0.4, -0.2) is 76.4 Å². The Bertz CT molecular complexity index is 1160. The van der Waals surface area contributed by atoms with Gasteiger partial charge >= 0.3 is 0 Å². The molecular formula is C23H27ClN3O5S+. The van der Waals surface area contributed by atoms with Crippen molar-refractivity contribution in [2.24, 2.45) is 5.92 Å². The third-order valence-electron chi connectivity index (χ3n) is 5.67. The van der Waals surface area contributed by atoms with Crippen molar-refractivity contribution < 1.29 is 27.7 Å². The normalized spacial score (nSPS) is 19.1. The van der Waals surface area contributed by atoms with Gasteiger partial charge in [-0.25, -0.2) is 12.7 Å². The molecule has 3 rings (SSSR count). The quantitative estimate of drug-likeness (QED) is 0.332. The summed E-state index contributed by atoms with van der Waals surface area (Å²) in [5.41, 5.74) is 0.801. The lowest BCUT2D eigenvalue weighted by Gasteiger charge is -2.27. The second-order valence-corrected chi connectivity index (χ2v) is 11.1. The molecule has 2 aromatic rings. The van der Waals surface area contributed by atoms with Crippen molar-refractivity contribution in [3.63, 3.8) is 0 Å². The van der Waals surface area contributed by atoms with E-state index in [0.29, 0.717) is 23.7 Å². The average molecular weight is 493 g/mol. The van der Waals surface area contributed by atoms with Crippen LogP contribution in [0.5, 0.6) is 0 Å². The molecule has 1 aliphatic rings. The van der Waals surface area contributed by atoms with E-state index in [4.69, 9.17) is 11.6 Å². The van der Waals surface area contributed by atoms with E-state index in [0.717, 1.165) is 9.21 Å². The highest BCUT2D eigenvalue weighted by Crippen LogP contribution is 2.38. The number of ketones is 2. The molecule has 0 spiro atoms. The van der Waals surface area contributed by atoms with Crippen molar-refractivity contribution in [3.05, 3.63) is 64.7 Å². The summed E-state index contributed by atoms with van der Waals surface area (Å²) in [6.07, 6.45) is 0. The molecule has 2 atom stereocenters. The third kappa shape index (κ3) is 5.01. The number of likely N-dealkylation sites (N-methyl/N-ethyl adjacent to an activating group) is 1. The number of likely N-dealkylation sites (tertiary alicyclic amines) is 1. The first-order valence-electron chi connectivity index (χ1n) is 10.4. The molecule has 0 radical (unpaired) electrons. The number of carbonyl (C=O) groups excluding carboxylic acids is 3. The van der Waals surface area contributed by atoms with Crippen LogP contribution in [0.2, 0.25) is 5.02 Å². The molecule has 1 saturated heterocycles. The SMILES string of the molecule is CN(C)S(=O)(=O)c1ccc(C(=O)C2C(=O)C(=O)N(CC[NH+](C)C)C2c2ccc(Cl)cc2)cc1. The van der Waals surface area contributed by atoms with Crippen LogP contribution in [0.15, 0.2) is 53.4 Å². The topological polar surface area (TPSA) is 96.3 Å². The van der Waals surface area contributed by atoms with Gasteiger partial charge < -0.3 is 9.80 Å². The highest BCUT2D eigenvalue weighted by molar-refractivity contribution is 7.89. The molecule has 0 aromatic heterocycles. The van der Waals surface area contributed by atoms with Gasteiger partial charge in [0.2, 0.25) is 15.8 Å². The zero-order chi connectivity index (χ0) is 24.5. The monoisotopic (exact) mass is 492 g/mol. The Labute approximate surface area is 198 Å². The minimum Gasteiger partial charge on any atom is -0.338 e. The summed E-state index contributed by atoms with van der Waals surface area (Å²) in [6.45, 7) is 0.908. The Morgan fingerprint density at radius 3 is 2.12 bits per heavy atom. The molecule has 1 fully saturated rings. The van der Waals surface area contributed by atoms with E-state index in [9.17, 15) is 22.8 Å². The summed E-state index contributed by atoms with van der Waals surface area (Å²) in [5.74, 6) is -3.21. The van der Waals surface area contributed by atoms with Crippen molar-refractivity contribution in [2.75, 3.05) is 41.3 Å². The van der Waals surface area contributed by atoms with Crippen LogP contribution in [-0.2, 0) is 19.6 Å². The maximum absolute atomic E-state index is 13.4. The van der Waals surface area contributed by atoms with Crippen LogP contribution >= 0.6 is 11.6 Å². The Kier molecular flexibility index (Phi) is 7.38. The molecule has 10 heteroatoms. The summed E-state index contributed by atoms with van der Waals surface area (Å²) in [6, 6.07) is 11.4. The Hall–Kier alpha value is -2.59. The summed E-state index contributed by atoms with van der Waals surface area (Å²) < 4.78 is 25.7. The second kappa shape index (κ2) is 9.72. The number of nitrogens with zero attached hydrogens (tertiary/aromatic N) is 2. The van der Waals surface area contributed by atoms with Gasteiger partial charge in [0.15, 0.2) is 5.78 Å². The molecule has 0 saturated carbocycles. The van der Waals surface area contributed by atoms with Crippen molar-refractivity contribution in [3.8, 4) is 0 Å². The Morgan fingerprint density at radius 1 is 1.03 bits per heavy atom. The number of Topliss-reactive ketones (excluding diaryl/α,β-unsaturated/α-hetero) is 2. The summed E-state index contributed by atoms with van der Waals surface area (Å²) in [5, 5.41) is 0.499. The highest BCUT2D eigenvalue weighted by atomic mass is 35.5. The van der Waals surface area contributed by atoms with Crippen LogP contribution in [0, 0.1) is 5.92 Å². The minimum atomic E-state index is -3.66. The molecule has 33 heavy (non-hydrogen) atoms. The molecule has 8 nitrogen and oxygen atoms in total. The van der Waals surface area contributed by atoms with Crippen LogP contribution in [0.25, 0.3) is 0 Å². The third-order valence-corrected chi connectivity index (χ3v) is 7.75. The molecular weight excluding hydrogens is 466 g/mol. The number of carbonyl (C=O) groups is 3. The van der Waals surface area contributed by atoms with Crippen molar-refractivity contribution >= 4 is 39.1 Å². The zero-order valence-corrected chi connectivity index (χ0v) is 20.5. The summed E-state index contributed by atoms with van der Waals surface area (Å²) >= 11 is 6.01. The number of hydrogen-bond acceptors (Lipinski definition) is 5. The lowest BCUT2D eigenvalue weighted by atomic mass is 9.86. The molecule has 1 aliphatic heterocycles. The minimum absolute atomic E-state index is 0.0303. The lowest BCUT2D eigenvalue weighted by molar-refractivity contribution is -0.857. The van der Waals surface area contributed by atoms with Crippen molar-refractivity contribution in [1.82, 2.24) is 9.21 Å². The predicted molar refractivity (Wildman–Crippen MR) is 124 cm³/mol. The fourth-order valence-corrected chi connectivity index (χ4v) is 4.81. The second-order valence-electron chi connectivity index (χ2n) is 8.47. The van der Waals surface area contributed by atoms with Crippen molar-refractivity contribution in [2.45, 2.75) is 10.9 Å². The first-order chi connectivity index (χ1) is 15.4. The van der Waals surface area contributed by atoms with Gasteiger partial charge in [-0.15, -0.1) is 0 Å². The van der Waals surface area contributed by atoms with Gasteiger partial charge in [-0.1, -0.05) is 35.9 Å². The summed E-state index contributed by atoms with van der Waals surface area (Å²) in [7, 11) is 3.04. The molecule has 1 amide bonds. The van der Waals surface area contributed by atoms with Gasteiger partial charge in [0.25, 0.3) is 5.91 Å². The number of amides is 1. The fourth-order valence-electron chi connectivity index (χ4n) is 3.79. The van der Waals surface area contributed by atoms with Crippen LogP contribution in [0.1, 0.15) is 22.0 Å². The molecule has 176 valence electrons. The van der Waals surface area contributed by atoms with E-state index < -0.39 is 39.5 Å². The predicted octanol–water partition coefficient (Wildman–Crippen LogP) is 0.686. The number of rotatable bonds is 8. The van der Waals surface area contributed by atoms with Gasteiger partial charge in [-0.05, 0) is 29.8 Å². The molecule has 1 N–H and O–H groups in total. The number of halogens is 1. The lowest BCUT2D eigenvalue weighted by Crippen LogP contribution is -3.06. The number of quaternary nitrogens is 1. The number of hydrogen-bond donors (Lipinski definition) is 1. The van der Waals surface area contributed by atoms with Gasteiger partial charge in [0, 0.05) is 24.7 Å². The number of sulfonamides is 1. The maximum Gasteiger partial charge on any atom is 0.291 e.